The highest BCUT2D eigenvalue weighted by Gasteiger charge is 2.23. The lowest BCUT2D eigenvalue weighted by Gasteiger charge is -2.19. The fourth-order valence-corrected chi connectivity index (χ4v) is 2.80. The zero-order valence-electron chi connectivity index (χ0n) is 15.4. The van der Waals surface area contributed by atoms with Crippen LogP contribution in [0.5, 0.6) is 23.0 Å². The highest BCUT2D eigenvalue weighted by atomic mass is 16.5. The van der Waals surface area contributed by atoms with Crippen molar-refractivity contribution in [1.82, 2.24) is 0 Å². The van der Waals surface area contributed by atoms with Gasteiger partial charge in [-0.3, -0.25) is 0 Å². The van der Waals surface area contributed by atoms with Gasteiger partial charge in [0, 0.05) is 11.6 Å². The van der Waals surface area contributed by atoms with Gasteiger partial charge < -0.3 is 25.2 Å². The molecule has 0 aliphatic rings. The predicted molar refractivity (Wildman–Crippen MR) is 101 cm³/mol. The van der Waals surface area contributed by atoms with Crippen LogP contribution in [0.1, 0.15) is 43.1 Å². The maximum atomic E-state index is 10.6. The number of ether oxygens (including phenoxy) is 1. The van der Waals surface area contributed by atoms with Gasteiger partial charge in [-0.2, -0.15) is 0 Å². The van der Waals surface area contributed by atoms with E-state index in [0.29, 0.717) is 24.8 Å². The Bertz CT molecular complexity index is 774. The summed E-state index contributed by atoms with van der Waals surface area (Å²) >= 11 is 0. The molecule has 0 radical (unpaired) electrons. The molecule has 4 N–H and O–H groups in total. The first-order valence-electron chi connectivity index (χ1n) is 8.54. The molecule has 0 spiro atoms. The van der Waals surface area contributed by atoms with E-state index in [9.17, 15) is 20.4 Å². The van der Waals surface area contributed by atoms with Crippen molar-refractivity contribution in [3.63, 3.8) is 0 Å². The number of allylic oxidation sites excluding steroid dienone is 2. The second kappa shape index (κ2) is 8.63. The van der Waals surface area contributed by atoms with Crippen molar-refractivity contribution in [3.8, 4) is 23.0 Å². The summed E-state index contributed by atoms with van der Waals surface area (Å²) in [6, 6.07) is 8.19. The summed E-state index contributed by atoms with van der Waals surface area (Å²) < 4.78 is 5.25. The van der Waals surface area contributed by atoms with E-state index in [1.165, 1.54) is 13.2 Å². The van der Waals surface area contributed by atoms with Gasteiger partial charge in [0.15, 0.2) is 0 Å². The van der Waals surface area contributed by atoms with E-state index in [2.05, 4.69) is 0 Å². The molecule has 5 heteroatoms. The first kappa shape index (κ1) is 19.7. The molecule has 1 atom stereocenters. The van der Waals surface area contributed by atoms with Gasteiger partial charge in [-0.15, -0.1) is 0 Å². The molecule has 0 aliphatic carbocycles. The van der Waals surface area contributed by atoms with Gasteiger partial charge in [0.2, 0.25) is 0 Å². The van der Waals surface area contributed by atoms with Gasteiger partial charge in [-0.05, 0) is 50.8 Å². The fourth-order valence-electron chi connectivity index (χ4n) is 2.80. The summed E-state index contributed by atoms with van der Waals surface area (Å²) in [6.45, 7) is 3.87. The summed E-state index contributed by atoms with van der Waals surface area (Å²) in [6.07, 6.45) is 2.23. The maximum Gasteiger partial charge on any atom is 0.132 e. The third-order valence-electron chi connectivity index (χ3n) is 4.29. The summed E-state index contributed by atoms with van der Waals surface area (Å²) in [5.74, 6) is 0.235. The second-order valence-corrected chi connectivity index (χ2v) is 6.55. The molecule has 2 aromatic carbocycles. The van der Waals surface area contributed by atoms with Crippen molar-refractivity contribution in [1.29, 1.82) is 0 Å². The van der Waals surface area contributed by atoms with Crippen LogP contribution >= 0.6 is 0 Å². The number of aliphatic hydroxyl groups is 1. The number of aryl methyl sites for hydroxylation is 1. The highest BCUT2D eigenvalue weighted by molar-refractivity contribution is 5.57. The third-order valence-corrected chi connectivity index (χ3v) is 4.29. The van der Waals surface area contributed by atoms with Crippen LogP contribution in [0.15, 0.2) is 42.0 Å². The van der Waals surface area contributed by atoms with Crippen molar-refractivity contribution in [2.45, 2.75) is 39.2 Å². The van der Waals surface area contributed by atoms with Gasteiger partial charge in [0.1, 0.15) is 23.0 Å². The molecule has 1 unspecified atom stereocenters. The number of rotatable bonds is 7. The van der Waals surface area contributed by atoms with E-state index in [-0.39, 0.29) is 28.6 Å². The first-order valence-corrected chi connectivity index (χ1v) is 8.54. The number of hydrogen-bond donors (Lipinski definition) is 4. The van der Waals surface area contributed by atoms with Crippen LogP contribution < -0.4 is 4.74 Å². The van der Waals surface area contributed by atoms with Crippen molar-refractivity contribution in [2.75, 3.05) is 7.11 Å². The van der Waals surface area contributed by atoms with E-state index >= 15 is 0 Å². The molecular formula is C21H26O5. The second-order valence-electron chi connectivity index (χ2n) is 6.55. The minimum Gasteiger partial charge on any atom is -0.508 e. The van der Waals surface area contributed by atoms with Crippen molar-refractivity contribution >= 4 is 0 Å². The molecular weight excluding hydrogens is 332 g/mol. The summed E-state index contributed by atoms with van der Waals surface area (Å²) in [7, 11) is 1.43. The monoisotopic (exact) mass is 358 g/mol. The Morgan fingerprint density at radius 1 is 1.12 bits per heavy atom. The van der Waals surface area contributed by atoms with Crippen LogP contribution in [0.3, 0.4) is 0 Å². The van der Waals surface area contributed by atoms with Crippen LogP contribution in [-0.4, -0.2) is 27.5 Å². The normalized spacial score (nSPS) is 11.8. The minimum absolute atomic E-state index is 0.0636. The number of methoxy groups -OCH3 is 1. The quantitative estimate of drug-likeness (QED) is 0.562. The number of benzene rings is 2. The van der Waals surface area contributed by atoms with Crippen LogP contribution in [0.2, 0.25) is 0 Å². The number of phenols is 3. The Hall–Kier alpha value is -2.66. The zero-order chi connectivity index (χ0) is 19.3. The van der Waals surface area contributed by atoms with Gasteiger partial charge in [0.05, 0.1) is 18.8 Å². The standard InChI is InChI=1S/C21H26O5/c1-13(2)4-10-16-18(24)12-19(26-3)20(21(16)25)17(23)11-7-14-5-8-15(22)9-6-14/h4-6,8-9,12,17,22-25H,7,10-11H2,1-3H3. The van der Waals surface area contributed by atoms with Gasteiger partial charge in [0.25, 0.3) is 0 Å². The maximum absolute atomic E-state index is 10.6. The first-order chi connectivity index (χ1) is 12.3. The average Bonchev–Trinajstić information content (AvgIpc) is 2.60. The molecule has 0 aliphatic heterocycles. The molecule has 0 saturated carbocycles. The topological polar surface area (TPSA) is 90.2 Å². The smallest absolute Gasteiger partial charge is 0.132 e. The minimum atomic E-state index is -0.954. The molecule has 0 fully saturated rings. The van der Waals surface area contributed by atoms with Crippen LogP contribution in [0.25, 0.3) is 0 Å². The molecule has 140 valence electrons. The van der Waals surface area contributed by atoms with Crippen LogP contribution in [0, 0.1) is 0 Å². The Balaban J connectivity index is 2.28. The van der Waals surface area contributed by atoms with Crippen LogP contribution in [0.4, 0.5) is 0 Å². The molecule has 0 amide bonds. The Morgan fingerprint density at radius 2 is 1.77 bits per heavy atom. The number of hydrogen-bond acceptors (Lipinski definition) is 5. The molecule has 0 heterocycles. The number of aromatic hydroxyl groups is 3. The Labute approximate surface area is 153 Å². The van der Waals surface area contributed by atoms with E-state index in [4.69, 9.17) is 4.74 Å². The predicted octanol–water partition coefficient (Wildman–Crippen LogP) is 3.99. The molecule has 0 aromatic heterocycles. The van der Waals surface area contributed by atoms with Crippen LogP contribution in [-0.2, 0) is 12.8 Å². The summed E-state index contributed by atoms with van der Waals surface area (Å²) in [5.41, 5.74) is 2.67. The fraction of sp³-hybridized carbons (Fsp3) is 0.333. The Kier molecular flexibility index (Phi) is 6.52. The van der Waals surface area contributed by atoms with Crippen molar-refractivity contribution < 1.29 is 25.2 Å². The van der Waals surface area contributed by atoms with Gasteiger partial charge in [-0.25, -0.2) is 0 Å². The molecule has 2 rings (SSSR count). The van der Waals surface area contributed by atoms with E-state index in [1.54, 1.807) is 24.3 Å². The van der Waals surface area contributed by atoms with Crippen molar-refractivity contribution in [2.24, 2.45) is 0 Å². The van der Waals surface area contributed by atoms with Gasteiger partial charge in [-0.1, -0.05) is 23.8 Å². The molecule has 5 nitrogen and oxygen atoms in total. The van der Waals surface area contributed by atoms with Gasteiger partial charge >= 0.3 is 0 Å². The zero-order valence-corrected chi connectivity index (χ0v) is 15.4. The number of aliphatic hydroxyl groups excluding tert-OH is 1. The largest absolute Gasteiger partial charge is 0.508 e. The summed E-state index contributed by atoms with van der Waals surface area (Å²) in [5, 5.41) is 40.8. The lowest BCUT2D eigenvalue weighted by molar-refractivity contribution is 0.159. The highest BCUT2D eigenvalue weighted by Crippen LogP contribution is 2.43. The Morgan fingerprint density at radius 3 is 2.35 bits per heavy atom. The van der Waals surface area contributed by atoms with Crippen molar-refractivity contribution in [3.05, 3.63) is 58.7 Å². The number of phenolic OH excluding ortho intramolecular Hbond substituents is 3. The average molecular weight is 358 g/mol. The lowest BCUT2D eigenvalue weighted by Crippen LogP contribution is -2.05. The molecule has 2 aromatic rings. The third kappa shape index (κ3) is 4.70. The SMILES string of the molecule is COc1cc(O)c(CC=C(C)C)c(O)c1C(O)CCc1ccc(O)cc1. The summed E-state index contributed by atoms with van der Waals surface area (Å²) in [4.78, 5) is 0. The molecule has 26 heavy (non-hydrogen) atoms. The van der Waals surface area contributed by atoms with E-state index in [1.807, 2.05) is 19.9 Å². The molecule has 0 bridgehead atoms. The van der Waals surface area contributed by atoms with E-state index in [0.717, 1.165) is 11.1 Å². The molecule has 0 saturated heterocycles. The lowest BCUT2D eigenvalue weighted by atomic mass is 9.95. The van der Waals surface area contributed by atoms with E-state index < -0.39 is 6.10 Å².